The van der Waals surface area contributed by atoms with Crippen molar-refractivity contribution in [3.63, 3.8) is 0 Å². The number of halogens is 1. The summed E-state index contributed by atoms with van der Waals surface area (Å²) in [5.41, 5.74) is 8.49. The second-order valence-electron chi connectivity index (χ2n) is 6.26. The van der Waals surface area contributed by atoms with Crippen LogP contribution in [0.4, 0.5) is 16.2 Å². The number of carbonyl (C=O) groups is 1. The molecule has 6 nitrogen and oxygen atoms in total. The summed E-state index contributed by atoms with van der Waals surface area (Å²) in [6.07, 6.45) is 8.13. The first kappa shape index (κ1) is 15.1. The number of hydrogen-bond donors (Lipinski definition) is 1. The number of benzene rings is 1. The van der Waals surface area contributed by atoms with Gasteiger partial charge in [0.2, 0.25) is 5.84 Å². The number of likely N-dealkylation sites (N-methyl/N-ethyl adjacent to an activating group) is 1. The molecule has 2 N–H and O–H groups in total. The van der Waals surface area contributed by atoms with Crippen LogP contribution < -0.4 is 10.6 Å². The number of aliphatic imine (C=N–C) groups is 1. The first-order valence-corrected chi connectivity index (χ1v) is 8.15. The summed E-state index contributed by atoms with van der Waals surface area (Å²) in [7, 11) is 1.80. The van der Waals surface area contributed by atoms with Crippen molar-refractivity contribution < 1.29 is 9.39 Å². The summed E-state index contributed by atoms with van der Waals surface area (Å²) in [6.45, 7) is 0.520. The van der Waals surface area contributed by atoms with Gasteiger partial charge in [-0.05, 0) is 41.7 Å². The predicted octanol–water partition coefficient (Wildman–Crippen LogP) is 3.32. The minimum absolute atomic E-state index is 0.100. The van der Waals surface area contributed by atoms with E-state index in [2.05, 4.69) is 22.2 Å². The molecule has 1 aliphatic carbocycles. The molecule has 1 aromatic rings. The number of amidine groups is 2. The number of amides is 2. The molecule has 122 valence electrons. The van der Waals surface area contributed by atoms with Crippen molar-refractivity contribution in [1.82, 2.24) is 0 Å². The van der Waals surface area contributed by atoms with Gasteiger partial charge in [-0.3, -0.25) is 0 Å². The van der Waals surface area contributed by atoms with Crippen LogP contribution in [0.1, 0.15) is 12.8 Å². The maximum absolute atomic E-state index is 13.1. The molecule has 0 radical (unpaired) electrons. The van der Waals surface area contributed by atoms with Crippen LogP contribution >= 0.6 is 11.6 Å². The molecule has 24 heavy (non-hydrogen) atoms. The highest BCUT2D eigenvalue weighted by Crippen LogP contribution is 2.39. The number of quaternary nitrogens is 1. The summed E-state index contributed by atoms with van der Waals surface area (Å²) in [6, 6.07) is 5.05. The van der Waals surface area contributed by atoms with E-state index in [4.69, 9.17) is 17.3 Å². The molecule has 2 amide bonds. The first-order chi connectivity index (χ1) is 11.5. The summed E-state index contributed by atoms with van der Waals surface area (Å²) in [5, 5.41) is 5.13. The molecular formula is C17H17ClN5O+. The fourth-order valence-electron chi connectivity index (χ4n) is 3.22. The Morgan fingerprint density at radius 1 is 1.42 bits per heavy atom. The van der Waals surface area contributed by atoms with Gasteiger partial charge in [-0.1, -0.05) is 29.8 Å². The number of nitrogens with two attached hydrogens (primary N) is 1. The van der Waals surface area contributed by atoms with Gasteiger partial charge in [0.05, 0.1) is 11.4 Å². The van der Waals surface area contributed by atoms with Crippen LogP contribution in [0.25, 0.3) is 0 Å². The molecule has 0 saturated heterocycles. The average Bonchev–Trinajstić information content (AvgIpc) is 2.82. The maximum Gasteiger partial charge on any atom is 0.456 e. The zero-order valence-electron chi connectivity index (χ0n) is 13.2. The molecule has 0 saturated carbocycles. The molecule has 0 bridgehead atoms. The Kier molecular flexibility index (Phi) is 3.33. The third kappa shape index (κ3) is 2.26. The number of urea groups is 1. The zero-order valence-corrected chi connectivity index (χ0v) is 14.0. The van der Waals surface area contributed by atoms with Crippen molar-refractivity contribution in [2.75, 3.05) is 18.5 Å². The number of rotatable bonds is 2. The van der Waals surface area contributed by atoms with Crippen LogP contribution in [-0.2, 0) is 0 Å². The molecule has 4 rings (SSSR count). The Balaban J connectivity index is 1.76. The lowest BCUT2D eigenvalue weighted by atomic mass is 10.0. The molecule has 1 atom stereocenters. The SMILES string of the molecule is C[N+]1(CC2=CC=CCC2)N=C2C(N)=Nc3ccc(Cl)cc3N2C1=O. The molecule has 0 aromatic heterocycles. The van der Waals surface area contributed by atoms with Gasteiger partial charge in [-0.2, -0.15) is 0 Å². The maximum atomic E-state index is 13.1. The molecule has 2 heterocycles. The lowest BCUT2D eigenvalue weighted by molar-refractivity contribution is -0.826. The molecule has 1 unspecified atom stereocenters. The number of hydrogen-bond acceptors (Lipinski definition) is 4. The fraction of sp³-hybridized carbons (Fsp3) is 0.235. The Hall–Kier alpha value is -2.44. The minimum atomic E-state index is -0.151. The molecule has 7 heteroatoms. The third-order valence-electron chi connectivity index (χ3n) is 4.39. The number of fused-ring (bicyclic) bond motifs is 3. The summed E-state index contributed by atoms with van der Waals surface area (Å²) in [4.78, 5) is 19.0. The number of anilines is 1. The topological polar surface area (TPSA) is 71.0 Å². The number of allylic oxidation sites excluding steroid dienone is 3. The van der Waals surface area contributed by atoms with Crippen molar-refractivity contribution in [3.8, 4) is 0 Å². The van der Waals surface area contributed by atoms with E-state index in [0.717, 1.165) is 12.8 Å². The van der Waals surface area contributed by atoms with Gasteiger partial charge in [0.1, 0.15) is 13.6 Å². The van der Waals surface area contributed by atoms with Crippen molar-refractivity contribution in [1.29, 1.82) is 0 Å². The minimum Gasteiger partial charge on any atom is -0.380 e. The zero-order chi connectivity index (χ0) is 16.9. The standard InChI is InChI=1S/C17H17ClN5O/c1-23(10-11-5-3-2-4-6-11)17(24)22-14-9-12(18)7-8-13(14)20-15(19)16(22)21-23/h2-3,5,7-9H,4,6,10H2,1H3,(H2,19,20)/q+1. The van der Waals surface area contributed by atoms with Crippen molar-refractivity contribution in [2.24, 2.45) is 15.8 Å². The summed E-state index contributed by atoms with van der Waals surface area (Å²) in [5.74, 6) is 0.641. The molecule has 0 fully saturated rings. The van der Waals surface area contributed by atoms with Gasteiger partial charge in [-0.25, -0.2) is 14.7 Å². The van der Waals surface area contributed by atoms with Crippen LogP contribution in [0.3, 0.4) is 0 Å². The van der Waals surface area contributed by atoms with E-state index in [0.29, 0.717) is 28.8 Å². The Bertz CT molecular complexity index is 870. The van der Waals surface area contributed by atoms with Crippen LogP contribution in [0.5, 0.6) is 0 Å². The Morgan fingerprint density at radius 2 is 2.25 bits per heavy atom. The second kappa shape index (κ2) is 5.29. The lowest BCUT2D eigenvalue weighted by Crippen LogP contribution is -2.50. The molecular weight excluding hydrogens is 326 g/mol. The normalized spacial score (nSPS) is 25.0. The van der Waals surface area contributed by atoms with Gasteiger partial charge in [0, 0.05) is 5.02 Å². The van der Waals surface area contributed by atoms with Crippen LogP contribution in [-0.4, -0.2) is 35.9 Å². The quantitative estimate of drug-likeness (QED) is 0.837. The van der Waals surface area contributed by atoms with Crippen molar-refractivity contribution >= 4 is 40.7 Å². The van der Waals surface area contributed by atoms with Crippen LogP contribution in [0, 0.1) is 0 Å². The average molecular weight is 343 g/mol. The van der Waals surface area contributed by atoms with E-state index in [1.807, 2.05) is 6.08 Å². The predicted molar refractivity (Wildman–Crippen MR) is 95.6 cm³/mol. The van der Waals surface area contributed by atoms with Gasteiger partial charge < -0.3 is 5.73 Å². The monoisotopic (exact) mass is 342 g/mol. The third-order valence-corrected chi connectivity index (χ3v) is 4.63. The van der Waals surface area contributed by atoms with Crippen LogP contribution in [0.2, 0.25) is 5.02 Å². The van der Waals surface area contributed by atoms with Gasteiger partial charge in [-0.15, -0.1) is 4.59 Å². The number of nitrogens with zero attached hydrogens (tertiary/aromatic N) is 4. The lowest BCUT2D eigenvalue weighted by Gasteiger charge is -2.25. The Morgan fingerprint density at radius 3 is 3.00 bits per heavy atom. The molecule has 2 aliphatic heterocycles. The highest BCUT2D eigenvalue weighted by molar-refractivity contribution is 6.51. The van der Waals surface area contributed by atoms with Gasteiger partial charge in [0.25, 0.3) is 0 Å². The van der Waals surface area contributed by atoms with E-state index in [-0.39, 0.29) is 16.5 Å². The van der Waals surface area contributed by atoms with Crippen LogP contribution in [0.15, 0.2) is 52.1 Å². The van der Waals surface area contributed by atoms with Gasteiger partial charge >= 0.3 is 6.03 Å². The highest BCUT2D eigenvalue weighted by atomic mass is 35.5. The number of carbonyl (C=O) groups excluding carboxylic acids is 1. The molecule has 0 spiro atoms. The van der Waals surface area contributed by atoms with Crippen molar-refractivity contribution in [2.45, 2.75) is 12.8 Å². The first-order valence-electron chi connectivity index (χ1n) is 7.77. The second-order valence-corrected chi connectivity index (χ2v) is 6.70. The largest absolute Gasteiger partial charge is 0.456 e. The van der Waals surface area contributed by atoms with E-state index >= 15 is 0 Å². The molecule has 3 aliphatic rings. The fourth-order valence-corrected chi connectivity index (χ4v) is 3.38. The smallest absolute Gasteiger partial charge is 0.380 e. The van der Waals surface area contributed by atoms with Gasteiger partial charge in [0.15, 0.2) is 5.84 Å². The highest BCUT2D eigenvalue weighted by Gasteiger charge is 2.51. The van der Waals surface area contributed by atoms with E-state index < -0.39 is 0 Å². The Labute approximate surface area is 144 Å². The van der Waals surface area contributed by atoms with E-state index in [9.17, 15) is 4.79 Å². The van der Waals surface area contributed by atoms with E-state index in [1.165, 1.54) is 10.5 Å². The van der Waals surface area contributed by atoms with Crippen molar-refractivity contribution in [3.05, 3.63) is 47.0 Å². The van der Waals surface area contributed by atoms with E-state index in [1.54, 1.807) is 25.2 Å². The summed E-state index contributed by atoms with van der Waals surface area (Å²) < 4.78 is -0.100. The summed E-state index contributed by atoms with van der Waals surface area (Å²) >= 11 is 6.10. The molecule has 1 aromatic carbocycles.